The molecule has 0 radical (unpaired) electrons. The first-order valence-electron chi connectivity index (χ1n) is 15.8. The number of ether oxygens (including phenoxy) is 4. The zero-order valence-electron chi connectivity index (χ0n) is 26.3. The maximum atomic E-state index is 13.1. The molecule has 0 aromatic heterocycles. The molecular formula is C36H48N2O5. The van der Waals surface area contributed by atoms with Gasteiger partial charge < -0.3 is 24.3 Å². The van der Waals surface area contributed by atoms with E-state index in [2.05, 4.69) is 54.4 Å². The van der Waals surface area contributed by atoms with Gasteiger partial charge in [0.2, 0.25) is 0 Å². The van der Waals surface area contributed by atoms with E-state index >= 15 is 0 Å². The normalized spacial score (nSPS) is 14.3. The van der Waals surface area contributed by atoms with E-state index in [0.717, 1.165) is 60.9 Å². The van der Waals surface area contributed by atoms with Crippen LogP contribution in [0.25, 0.3) is 0 Å². The molecule has 0 saturated carbocycles. The second kappa shape index (κ2) is 16.9. The Kier molecular flexibility index (Phi) is 12.7. The van der Waals surface area contributed by atoms with E-state index in [1.54, 1.807) is 0 Å². The molecule has 1 aliphatic rings. The lowest BCUT2D eigenvalue weighted by molar-refractivity contribution is 0.0746. The topological polar surface area (TPSA) is 69.3 Å². The molecule has 1 N–H and O–H groups in total. The van der Waals surface area contributed by atoms with Gasteiger partial charge in [-0.1, -0.05) is 44.2 Å². The minimum absolute atomic E-state index is 0.0784. The Labute approximate surface area is 257 Å². The summed E-state index contributed by atoms with van der Waals surface area (Å²) >= 11 is 0. The van der Waals surface area contributed by atoms with Crippen molar-refractivity contribution in [1.82, 2.24) is 10.2 Å². The first-order chi connectivity index (χ1) is 20.9. The van der Waals surface area contributed by atoms with Crippen LogP contribution in [0.3, 0.4) is 0 Å². The summed E-state index contributed by atoms with van der Waals surface area (Å²) in [6, 6.07) is 20.5. The summed E-state index contributed by atoms with van der Waals surface area (Å²) in [6.07, 6.45) is 2.34. The van der Waals surface area contributed by atoms with Crippen LogP contribution in [0, 0.1) is 5.92 Å². The second-order valence-electron chi connectivity index (χ2n) is 11.4. The highest BCUT2D eigenvalue weighted by Gasteiger charge is 2.14. The van der Waals surface area contributed by atoms with E-state index in [1.165, 1.54) is 11.1 Å². The van der Waals surface area contributed by atoms with E-state index in [9.17, 15) is 4.79 Å². The lowest BCUT2D eigenvalue weighted by Gasteiger charge is -2.25. The summed E-state index contributed by atoms with van der Waals surface area (Å²) < 4.78 is 23.5. The summed E-state index contributed by atoms with van der Waals surface area (Å²) in [5.41, 5.74) is 5.28. The summed E-state index contributed by atoms with van der Waals surface area (Å²) in [4.78, 5) is 15.6. The van der Waals surface area contributed by atoms with E-state index in [-0.39, 0.29) is 5.91 Å². The molecule has 0 spiro atoms. The third kappa shape index (κ3) is 10.3. The molecule has 4 rings (SSSR count). The molecule has 43 heavy (non-hydrogen) atoms. The van der Waals surface area contributed by atoms with Gasteiger partial charge in [-0.2, -0.15) is 0 Å². The molecule has 2 bridgehead atoms. The number of hydrogen-bond donors (Lipinski definition) is 1. The maximum Gasteiger partial charge on any atom is 0.251 e. The molecule has 0 fully saturated rings. The fourth-order valence-corrected chi connectivity index (χ4v) is 5.42. The van der Waals surface area contributed by atoms with Gasteiger partial charge in [0.15, 0.2) is 11.5 Å². The molecular weight excluding hydrogens is 540 g/mol. The van der Waals surface area contributed by atoms with Crippen LogP contribution in [0.5, 0.6) is 17.2 Å². The van der Waals surface area contributed by atoms with Crippen LogP contribution in [-0.2, 0) is 24.1 Å². The summed E-state index contributed by atoms with van der Waals surface area (Å²) in [7, 11) is 0. The number of nitrogens with one attached hydrogen (secondary N) is 1. The van der Waals surface area contributed by atoms with Crippen molar-refractivity contribution < 1.29 is 23.7 Å². The molecule has 3 aromatic rings. The van der Waals surface area contributed by atoms with Crippen molar-refractivity contribution in [3.8, 4) is 17.2 Å². The molecule has 232 valence electrons. The SMILES string of the molecule is CCOc1ccc(CCCNC(=O)c2ccc3c(c2)Cc2cccc(c2)CN(CC(C)C)CCOCCO3)cc1OCC. The number of aryl methyl sites for hydroxylation is 1. The lowest BCUT2D eigenvalue weighted by atomic mass is 9.99. The monoisotopic (exact) mass is 588 g/mol. The average Bonchev–Trinajstić information content (AvgIpc) is 2.98. The van der Waals surface area contributed by atoms with E-state index in [0.29, 0.717) is 57.5 Å². The smallest absolute Gasteiger partial charge is 0.251 e. The zero-order valence-corrected chi connectivity index (χ0v) is 26.3. The van der Waals surface area contributed by atoms with Gasteiger partial charge in [-0.15, -0.1) is 0 Å². The van der Waals surface area contributed by atoms with Crippen molar-refractivity contribution in [1.29, 1.82) is 0 Å². The Morgan fingerprint density at radius 2 is 1.74 bits per heavy atom. The van der Waals surface area contributed by atoms with Crippen molar-refractivity contribution in [2.75, 3.05) is 52.7 Å². The van der Waals surface area contributed by atoms with Crippen LogP contribution >= 0.6 is 0 Å². The molecule has 3 aromatic carbocycles. The molecule has 1 amide bonds. The Morgan fingerprint density at radius 3 is 2.56 bits per heavy atom. The quantitative estimate of drug-likeness (QED) is 0.265. The fraction of sp³-hybridized carbons (Fsp3) is 0.472. The highest BCUT2D eigenvalue weighted by molar-refractivity contribution is 5.94. The van der Waals surface area contributed by atoms with E-state index in [4.69, 9.17) is 18.9 Å². The summed E-state index contributed by atoms with van der Waals surface area (Å²) in [5, 5.41) is 3.10. The number of fused-ring (bicyclic) bond motifs is 3. The minimum atomic E-state index is -0.0784. The van der Waals surface area contributed by atoms with Crippen LogP contribution in [0.15, 0.2) is 60.7 Å². The molecule has 0 saturated heterocycles. The number of carbonyl (C=O) groups is 1. The largest absolute Gasteiger partial charge is 0.491 e. The Balaban J connectivity index is 1.41. The Hall–Kier alpha value is -3.55. The van der Waals surface area contributed by atoms with Gasteiger partial charge in [-0.25, -0.2) is 0 Å². The third-order valence-electron chi connectivity index (χ3n) is 7.31. The van der Waals surface area contributed by atoms with Crippen molar-refractivity contribution in [3.05, 3.63) is 88.5 Å². The molecule has 1 aliphatic heterocycles. The average molecular weight is 589 g/mol. The predicted octanol–water partition coefficient (Wildman–Crippen LogP) is 6.30. The second-order valence-corrected chi connectivity index (χ2v) is 11.4. The third-order valence-corrected chi connectivity index (χ3v) is 7.31. The number of benzene rings is 3. The van der Waals surface area contributed by atoms with E-state index in [1.807, 2.05) is 44.2 Å². The number of carbonyl (C=O) groups excluding carboxylic acids is 1. The predicted molar refractivity (Wildman–Crippen MR) is 172 cm³/mol. The van der Waals surface area contributed by atoms with E-state index < -0.39 is 0 Å². The van der Waals surface area contributed by atoms with Crippen LogP contribution in [-0.4, -0.2) is 63.5 Å². The number of nitrogens with zero attached hydrogens (tertiary/aromatic N) is 1. The van der Waals surface area contributed by atoms with Gasteiger partial charge in [-0.3, -0.25) is 9.69 Å². The highest BCUT2D eigenvalue weighted by atomic mass is 16.5. The highest BCUT2D eigenvalue weighted by Crippen LogP contribution is 2.29. The molecule has 7 heteroatoms. The summed E-state index contributed by atoms with van der Waals surface area (Å²) in [5.74, 6) is 2.83. The van der Waals surface area contributed by atoms with Crippen LogP contribution in [0.2, 0.25) is 0 Å². The minimum Gasteiger partial charge on any atom is -0.491 e. The fourth-order valence-electron chi connectivity index (χ4n) is 5.42. The van der Waals surface area contributed by atoms with Gasteiger partial charge in [-0.05, 0) is 85.2 Å². The first kappa shape index (κ1) is 32.4. The van der Waals surface area contributed by atoms with Gasteiger partial charge in [0, 0.05) is 38.2 Å². The molecule has 0 unspecified atom stereocenters. The molecule has 1 heterocycles. The molecule has 0 atom stereocenters. The Morgan fingerprint density at radius 1 is 0.930 bits per heavy atom. The van der Waals surface area contributed by atoms with Gasteiger partial charge in [0.1, 0.15) is 12.4 Å². The lowest BCUT2D eigenvalue weighted by Crippen LogP contribution is -2.31. The molecule has 0 aliphatic carbocycles. The number of hydrogen-bond acceptors (Lipinski definition) is 6. The Bertz CT molecular complexity index is 1310. The zero-order chi connectivity index (χ0) is 30.4. The number of amides is 1. The number of rotatable bonds is 11. The first-order valence-corrected chi connectivity index (χ1v) is 15.8. The van der Waals surface area contributed by atoms with Gasteiger partial charge in [0.05, 0.1) is 26.4 Å². The summed E-state index contributed by atoms with van der Waals surface area (Å²) in [6.45, 7) is 14.7. The van der Waals surface area contributed by atoms with Crippen molar-refractivity contribution >= 4 is 5.91 Å². The molecule has 7 nitrogen and oxygen atoms in total. The van der Waals surface area contributed by atoms with Crippen LogP contribution in [0.1, 0.15) is 66.7 Å². The van der Waals surface area contributed by atoms with Crippen molar-refractivity contribution in [2.24, 2.45) is 5.92 Å². The standard InChI is InChI=1S/C36H48N2O5/c1-5-41-34-14-12-28(23-35(34)42-6-2)11-8-16-37-36(39)31-13-15-33-32(24-31)22-29-9-7-10-30(21-29)26-38(25-27(3)4)17-18-40-19-20-43-33/h7,9-10,12-15,21,23-24,27H,5-6,8,11,16-20,22,25-26H2,1-4H3,(H,37,39). The van der Waals surface area contributed by atoms with Crippen LogP contribution in [0.4, 0.5) is 0 Å². The van der Waals surface area contributed by atoms with Gasteiger partial charge in [0.25, 0.3) is 5.91 Å². The maximum absolute atomic E-state index is 13.1. The van der Waals surface area contributed by atoms with Crippen LogP contribution < -0.4 is 19.5 Å². The van der Waals surface area contributed by atoms with Gasteiger partial charge >= 0.3 is 0 Å². The van der Waals surface area contributed by atoms with Crippen molar-refractivity contribution in [3.63, 3.8) is 0 Å². The van der Waals surface area contributed by atoms with Crippen molar-refractivity contribution in [2.45, 2.75) is 53.5 Å².